The van der Waals surface area contributed by atoms with Crippen LogP contribution < -0.4 is 0 Å². The number of esters is 3. The average molecular weight is 371 g/mol. The Labute approximate surface area is 152 Å². The van der Waals surface area contributed by atoms with E-state index >= 15 is 0 Å². The van der Waals surface area contributed by atoms with Crippen molar-refractivity contribution in [2.75, 3.05) is 14.2 Å². The topological polar surface area (TPSA) is 108 Å². The zero-order chi connectivity index (χ0) is 20.1. The van der Waals surface area contributed by atoms with E-state index in [4.69, 9.17) is 14.2 Å². The average Bonchev–Trinajstić information content (AvgIpc) is 2.89. The number of nitrogens with zero attached hydrogens (tertiary/aromatic N) is 1. The highest BCUT2D eigenvalue weighted by Gasteiger charge is 2.56. The summed E-state index contributed by atoms with van der Waals surface area (Å²) in [6.07, 6.45) is 0.552. The van der Waals surface area contributed by atoms with Gasteiger partial charge < -0.3 is 18.9 Å². The molecule has 1 heterocycles. The van der Waals surface area contributed by atoms with E-state index < -0.39 is 41.4 Å². The van der Waals surface area contributed by atoms with E-state index in [0.29, 0.717) is 0 Å². The molecule has 2 atom stereocenters. The van der Waals surface area contributed by atoms with Gasteiger partial charge in [-0.25, -0.2) is 14.4 Å². The Kier molecular flexibility index (Phi) is 6.77. The van der Waals surface area contributed by atoms with Gasteiger partial charge >= 0.3 is 24.0 Å². The predicted octanol–water partition coefficient (Wildman–Crippen LogP) is 1.55. The lowest BCUT2D eigenvalue weighted by Crippen LogP contribution is -2.56. The van der Waals surface area contributed by atoms with Crippen molar-refractivity contribution in [2.45, 2.75) is 57.9 Å². The summed E-state index contributed by atoms with van der Waals surface area (Å²) < 4.78 is 19.9. The third-order valence-corrected chi connectivity index (χ3v) is 3.62. The van der Waals surface area contributed by atoms with E-state index in [-0.39, 0.29) is 12.8 Å². The van der Waals surface area contributed by atoms with Crippen molar-refractivity contribution in [2.24, 2.45) is 0 Å². The van der Waals surface area contributed by atoms with E-state index in [1.807, 2.05) is 0 Å². The first kappa shape index (κ1) is 21.5. The second-order valence-corrected chi connectivity index (χ2v) is 6.73. The van der Waals surface area contributed by atoms with Crippen LogP contribution in [-0.2, 0) is 33.3 Å². The normalized spacial score (nSPS) is 22.8. The molecule has 1 fully saturated rings. The van der Waals surface area contributed by atoms with Crippen molar-refractivity contribution in [1.82, 2.24) is 4.90 Å². The number of carbonyl (C=O) groups excluding carboxylic acids is 4. The molecule has 26 heavy (non-hydrogen) atoms. The summed E-state index contributed by atoms with van der Waals surface area (Å²) in [4.78, 5) is 49.2. The van der Waals surface area contributed by atoms with E-state index in [9.17, 15) is 19.2 Å². The molecule has 0 spiro atoms. The van der Waals surface area contributed by atoms with Crippen LogP contribution in [0.4, 0.5) is 4.79 Å². The predicted molar refractivity (Wildman–Crippen MR) is 88.8 cm³/mol. The smallest absolute Gasteiger partial charge is 0.414 e. The molecule has 0 aromatic carbocycles. The van der Waals surface area contributed by atoms with Crippen LogP contribution in [0, 0.1) is 0 Å². The van der Waals surface area contributed by atoms with E-state index in [1.54, 1.807) is 20.8 Å². The van der Waals surface area contributed by atoms with Crippen LogP contribution in [0.15, 0.2) is 12.2 Å². The maximum absolute atomic E-state index is 12.8. The number of likely N-dealkylation sites (tertiary alicyclic amines) is 1. The molecule has 0 saturated carbocycles. The van der Waals surface area contributed by atoms with Crippen LogP contribution in [0.3, 0.4) is 0 Å². The van der Waals surface area contributed by atoms with Crippen LogP contribution in [-0.4, -0.2) is 60.5 Å². The van der Waals surface area contributed by atoms with Crippen LogP contribution >= 0.6 is 0 Å². The Morgan fingerprint density at radius 3 is 2.19 bits per heavy atom. The van der Waals surface area contributed by atoms with Gasteiger partial charge in [0.25, 0.3) is 0 Å². The van der Waals surface area contributed by atoms with Gasteiger partial charge in [-0.05, 0) is 33.3 Å². The molecule has 0 N–H and O–H groups in total. The maximum atomic E-state index is 12.8. The first-order valence-electron chi connectivity index (χ1n) is 8.02. The Hall–Kier alpha value is -2.58. The van der Waals surface area contributed by atoms with E-state index in [2.05, 4.69) is 4.74 Å². The van der Waals surface area contributed by atoms with Gasteiger partial charge in [0, 0.05) is 19.4 Å². The molecule has 146 valence electrons. The summed E-state index contributed by atoms with van der Waals surface area (Å²) in [5, 5.41) is 0. The van der Waals surface area contributed by atoms with Crippen molar-refractivity contribution >= 4 is 24.0 Å². The molecule has 1 aliphatic rings. The van der Waals surface area contributed by atoms with Crippen molar-refractivity contribution in [3.05, 3.63) is 12.2 Å². The monoisotopic (exact) mass is 371 g/mol. The fourth-order valence-electron chi connectivity index (χ4n) is 2.63. The second-order valence-electron chi connectivity index (χ2n) is 6.73. The molecule has 1 rings (SSSR count). The fourth-order valence-corrected chi connectivity index (χ4v) is 2.63. The van der Waals surface area contributed by atoms with Gasteiger partial charge in [0.05, 0.1) is 14.2 Å². The number of hydrogen-bond donors (Lipinski definition) is 0. The molecule has 1 saturated heterocycles. The Bertz CT molecular complexity index is 606. The molecule has 0 aromatic rings. The van der Waals surface area contributed by atoms with Gasteiger partial charge in [-0.15, -0.1) is 0 Å². The molecular formula is C17H25NO8. The van der Waals surface area contributed by atoms with Gasteiger partial charge in [-0.1, -0.05) is 0 Å². The van der Waals surface area contributed by atoms with Crippen molar-refractivity contribution < 1.29 is 38.1 Å². The number of carbonyl (C=O) groups is 4. The zero-order valence-corrected chi connectivity index (χ0v) is 15.9. The van der Waals surface area contributed by atoms with Gasteiger partial charge in [0.15, 0.2) is 11.8 Å². The maximum Gasteiger partial charge on any atom is 0.414 e. The second kappa shape index (κ2) is 8.20. The zero-order valence-electron chi connectivity index (χ0n) is 15.9. The summed E-state index contributed by atoms with van der Waals surface area (Å²) >= 11 is 0. The van der Waals surface area contributed by atoms with Gasteiger partial charge in [-0.3, -0.25) is 9.69 Å². The lowest BCUT2D eigenvalue weighted by atomic mass is 9.95. The van der Waals surface area contributed by atoms with Crippen molar-refractivity contribution in [3.63, 3.8) is 0 Å². The third kappa shape index (κ3) is 4.96. The molecule has 0 bridgehead atoms. The van der Waals surface area contributed by atoms with Gasteiger partial charge in [0.2, 0.25) is 0 Å². The molecule has 9 nitrogen and oxygen atoms in total. The first-order valence-corrected chi connectivity index (χ1v) is 8.02. The summed E-state index contributed by atoms with van der Waals surface area (Å²) in [5.41, 5.74) is -2.51. The van der Waals surface area contributed by atoms with Crippen LogP contribution in [0.25, 0.3) is 0 Å². The molecule has 0 aromatic heterocycles. The number of hydrogen-bond acceptors (Lipinski definition) is 8. The third-order valence-electron chi connectivity index (χ3n) is 3.62. The highest BCUT2D eigenvalue weighted by Crippen LogP contribution is 2.38. The molecular weight excluding hydrogens is 346 g/mol. The highest BCUT2D eigenvalue weighted by atomic mass is 16.6. The standard InChI is InChI=1S/C17H25NO8/c1-11(19)25-12-7-9-17(14(21)24-6,10-8-13(20)23-5)18(12)15(22)26-16(2,3)4/h8,10,12H,7,9H2,1-6H3/b10-8+/t12?,17-/m1/s1. The van der Waals surface area contributed by atoms with Gasteiger partial charge in [0.1, 0.15) is 5.60 Å². The summed E-state index contributed by atoms with van der Waals surface area (Å²) in [5.74, 6) is -2.13. The molecule has 0 aliphatic carbocycles. The van der Waals surface area contributed by atoms with Crippen LogP contribution in [0.1, 0.15) is 40.5 Å². The molecule has 1 amide bonds. The Balaban J connectivity index is 3.40. The number of rotatable bonds is 4. The van der Waals surface area contributed by atoms with Crippen LogP contribution in [0.5, 0.6) is 0 Å². The van der Waals surface area contributed by atoms with Crippen molar-refractivity contribution in [3.8, 4) is 0 Å². The molecule has 0 radical (unpaired) electrons. The number of methoxy groups -OCH3 is 2. The van der Waals surface area contributed by atoms with Crippen LogP contribution in [0.2, 0.25) is 0 Å². The summed E-state index contributed by atoms with van der Waals surface area (Å²) in [6, 6.07) is 0. The Morgan fingerprint density at radius 1 is 1.12 bits per heavy atom. The lowest BCUT2D eigenvalue weighted by Gasteiger charge is -2.36. The lowest BCUT2D eigenvalue weighted by molar-refractivity contribution is -0.163. The minimum absolute atomic E-state index is 0.0738. The number of amides is 1. The van der Waals surface area contributed by atoms with E-state index in [0.717, 1.165) is 18.1 Å². The summed E-state index contributed by atoms with van der Waals surface area (Å²) in [6.45, 7) is 6.17. The molecule has 9 heteroatoms. The van der Waals surface area contributed by atoms with Gasteiger partial charge in [-0.2, -0.15) is 0 Å². The van der Waals surface area contributed by atoms with E-state index in [1.165, 1.54) is 20.1 Å². The SMILES string of the molecule is COC(=O)/C=C/[C@@]1(C(=O)OC)CCC(OC(C)=O)N1C(=O)OC(C)(C)C. The first-order chi connectivity index (χ1) is 12.0. The molecule has 1 unspecified atom stereocenters. The van der Waals surface area contributed by atoms with Crippen molar-refractivity contribution in [1.29, 1.82) is 0 Å². The Morgan fingerprint density at radius 2 is 1.73 bits per heavy atom. The largest absolute Gasteiger partial charge is 0.467 e. The fraction of sp³-hybridized carbons (Fsp3) is 0.647. The quantitative estimate of drug-likeness (QED) is 0.416. The molecule has 1 aliphatic heterocycles. The minimum atomic E-state index is -1.66. The summed E-state index contributed by atoms with van der Waals surface area (Å²) in [7, 11) is 2.34. The minimum Gasteiger partial charge on any atom is -0.467 e. The highest BCUT2D eigenvalue weighted by molar-refractivity contribution is 5.91. The number of ether oxygens (including phenoxy) is 4.